The van der Waals surface area contributed by atoms with Crippen molar-refractivity contribution in [3.05, 3.63) is 28.7 Å². The van der Waals surface area contributed by atoms with Crippen molar-refractivity contribution >= 4 is 22.7 Å². The fraction of sp³-hybridized carbons (Fsp3) is 0.333. The third-order valence-electron chi connectivity index (χ3n) is 2.91. The van der Waals surface area contributed by atoms with Gasteiger partial charge in [-0.05, 0) is 18.2 Å². The molecule has 1 aromatic carbocycles. The zero-order valence-electron chi connectivity index (χ0n) is 10.2. The van der Waals surface area contributed by atoms with E-state index in [1.165, 1.54) is 0 Å². The predicted molar refractivity (Wildman–Crippen MR) is 69.0 cm³/mol. The topological polar surface area (TPSA) is 89.2 Å². The highest BCUT2D eigenvalue weighted by Crippen LogP contribution is 2.18. The van der Waals surface area contributed by atoms with Crippen LogP contribution in [-0.4, -0.2) is 34.6 Å². The van der Waals surface area contributed by atoms with Crippen LogP contribution in [0, 0.1) is 5.92 Å². The van der Waals surface area contributed by atoms with Crippen LogP contribution in [0.1, 0.15) is 6.92 Å². The summed E-state index contributed by atoms with van der Waals surface area (Å²) in [7, 11) is 1.82. The molecule has 0 spiro atoms. The Hall–Kier alpha value is -2.24. The number of hydrogen-bond acceptors (Lipinski definition) is 3. The zero-order valence-corrected chi connectivity index (χ0v) is 10.2. The normalized spacial score (nSPS) is 12.6. The minimum Gasteiger partial charge on any atom is -0.481 e. The number of carboxylic acids is 1. The second-order valence-corrected chi connectivity index (χ2v) is 4.43. The lowest BCUT2D eigenvalue weighted by Crippen LogP contribution is -2.28. The number of hydrogen-bond donors (Lipinski definition) is 3. The number of benzene rings is 1. The van der Waals surface area contributed by atoms with Gasteiger partial charge in [0.15, 0.2) is 0 Å². The molecule has 0 amide bonds. The average molecular weight is 249 g/mol. The molecule has 0 bridgehead atoms. The van der Waals surface area contributed by atoms with Crippen molar-refractivity contribution in [2.24, 2.45) is 5.92 Å². The van der Waals surface area contributed by atoms with Gasteiger partial charge in [-0.15, -0.1) is 0 Å². The second-order valence-electron chi connectivity index (χ2n) is 4.43. The minimum absolute atomic E-state index is 0.247. The third kappa shape index (κ3) is 2.37. The number of aromatic amines is 2. The van der Waals surface area contributed by atoms with E-state index in [1.807, 2.05) is 24.1 Å². The lowest BCUT2D eigenvalue weighted by Gasteiger charge is -2.21. The number of H-pyrrole nitrogens is 2. The molecule has 0 aliphatic carbocycles. The molecule has 1 unspecified atom stereocenters. The number of anilines is 1. The maximum atomic E-state index is 11.1. The van der Waals surface area contributed by atoms with Crippen LogP contribution >= 0.6 is 0 Å². The van der Waals surface area contributed by atoms with E-state index in [1.54, 1.807) is 13.0 Å². The number of carboxylic acid groups (broad SMARTS) is 1. The summed E-state index contributed by atoms with van der Waals surface area (Å²) >= 11 is 0. The number of rotatable bonds is 4. The molecule has 0 saturated heterocycles. The monoisotopic (exact) mass is 249 g/mol. The fourth-order valence-corrected chi connectivity index (χ4v) is 1.85. The molecular formula is C12H15N3O3. The fourth-order valence-electron chi connectivity index (χ4n) is 1.85. The summed E-state index contributed by atoms with van der Waals surface area (Å²) in [5.74, 6) is -1.27. The molecule has 2 aromatic rings. The van der Waals surface area contributed by atoms with Gasteiger partial charge in [-0.2, -0.15) is 0 Å². The van der Waals surface area contributed by atoms with E-state index < -0.39 is 11.9 Å². The van der Waals surface area contributed by atoms with E-state index in [-0.39, 0.29) is 5.69 Å². The van der Waals surface area contributed by atoms with E-state index in [9.17, 15) is 9.59 Å². The molecule has 1 aromatic heterocycles. The van der Waals surface area contributed by atoms with Gasteiger partial charge in [0.25, 0.3) is 0 Å². The Morgan fingerprint density at radius 1 is 1.39 bits per heavy atom. The minimum atomic E-state index is -0.821. The van der Waals surface area contributed by atoms with E-state index in [2.05, 4.69) is 9.97 Å². The van der Waals surface area contributed by atoms with Crippen LogP contribution in [0.2, 0.25) is 0 Å². The lowest BCUT2D eigenvalue weighted by molar-refractivity contribution is -0.140. The highest BCUT2D eigenvalue weighted by molar-refractivity contribution is 5.79. The van der Waals surface area contributed by atoms with Gasteiger partial charge in [-0.3, -0.25) is 4.79 Å². The van der Waals surface area contributed by atoms with Crippen molar-refractivity contribution in [3.8, 4) is 0 Å². The molecule has 6 heteroatoms. The first-order valence-corrected chi connectivity index (χ1v) is 5.63. The lowest BCUT2D eigenvalue weighted by atomic mass is 10.1. The SMILES string of the molecule is CC(CN(C)c1ccc2[nH]c(=O)[nH]c2c1)C(=O)O. The maximum Gasteiger partial charge on any atom is 0.323 e. The largest absolute Gasteiger partial charge is 0.481 e. The van der Waals surface area contributed by atoms with Crippen LogP contribution in [0.15, 0.2) is 23.0 Å². The predicted octanol–water partition coefficient (Wildman–Crippen LogP) is 1.01. The Kier molecular flexibility index (Phi) is 3.10. The Morgan fingerprint density at radius 2 is 2.06 bits per heavy atom. The number of aromatic nitrogens is 2. The van der Waals surface area contributed by atoms with Crippen LogP contribution in [0.25, 0.3) is 11.0 Å². The Labute approximate surface area is 103 Å². The maximum absolute atomic E-state index is 11.1. The highest BCUT2D eigenvalue weighted by Gasteiger charge is 2.14. The zero-order chi connectivity index (χ0) is 13.3. The van der Waals surface area contributed by atoms with E-state index in [0.717, 1.165) is 11.2 Å². The van der Waals surface area contributed by atoms with E-state index >= 15 is 0 Å². The van der Waals surface area contributed by atoms with Gasteiger partial charge in [-0.1, -0.05) is 6.92 Å². The molecule has 0 fully saturated rings. The van der Waals surface area contributed by atoms with Crippen molar-refractivity contribution in [3.63, 3.8) is 0 Å². The summed E-state index contributed by atoms with van der Waals surface area (Å²) in [6.45, 7) is 2.07. The Morgan fingerprint density at radius 3 is 2.72 bits per heavy atom. The van der Waals surface area contributed by atoms with Crippen LogP contribution in [0.4, 0.5) is 5.69 Å². The molecule has 0 aliphatic rings. The molecule has 96 valence electrons. The Bertz CT molecular complexity index is 629. The molecule has 18 heavy (non-hydrogen) atoms. The second kappa shape index (κ2) is 4.56. The van der Waals surface area contributed by atoms with Gasteiger partial charge in [0.05, 0.1) is 17.0 Å². The van der Waals surface area contributed by atoms with Crippen LogP contribution in [0.3, 0.4) is 0 Å². The molecular weight excluding hydrogens is 234 g/mol. The standard InChI is InChI=1S/C12H15N3O3/c1-7(11(16)17)6-15(2)8-3-4-9-10(5-8)14-12(18)13-9/h3-5,7H,6H2,1-2H3,(H,16,17)(H2,13,14,18). The highest BCUT2D eigenvalue weighted by atomic mass is 16.4. The van der Waals surface area contributed by atoms with Gasteiger partial charge >= 0.3 is 11.7 Å². The first-order chi connectivity index (χ1) is 8.47. The van der Waals surface area contributed by atoms with Gasteiger partial charge in [0.2, 0.25) is 0 Å². The molecule has 0 aliphatic heterocycles. The number of carbonyl (C=O) groups is 1. The van der Waals surface area contributed by atoms with Gasteiger partial charge in [-0.25, -0.2) is 4.79 Å². The third-order valence-corrected chi connectivity index (χ3v) is 2.91. The number of imidazole rings is 1. The first-order valence-electron chi connectivity index (χ1n) is 5.63. The van der Waals surface area contributed by atoms with Crippen LogP contribution < -0.4 is 10.6 Å². The quantitative estimate of drug-likeness (QED) is 0.754. The van der Waals surface area contributed by atoms with Crippen molar-refractivity contribution in [2.75, 3.05) is 18.5 Å². The number of nitrogens with zero attached hydrogens (tertiary/aromatic N) is 1. The molecule has 0 saturated carbocycles. The van der Waals surface area contributed by atoms with Crippen LogP contribution in [-0.2, 0) is 4.79 Å². The van der Waals surface area contributed by atoms with Gasteiger partial charge in [0, 0.05) is 19.3 Å². The molecule has 0 radical (unpaired) electrons. The van der Waals surface area contributed by atoms with Crippen molar-refractivity contribution in [1.82, 2.24) is 9.97 Å². The molecule has 1 atom stereocenters. The number of fused-ring (bicyclic) bond motifs is 1. The van der Waals surface area contributed by atoms with Crippen LogP contribution in [0.5, 0.6) is 0 Å². The molecule has 2 rings (SSSR count). The first kappa shape index (κ1) is 12.2. The smallest absolute Gasteiger partial charge is 0.323 e. The molecule has 1 heterocycles. The summed E-state index contributed by atoms with van der Waals surface area (Å²) in [6.07, 6.45) is 0. The summed E-state index contributed by atoms with van der Waals surface area (Å²) in [4.78, 5) is 29.1. The summed E-state index contributed by atoms with van der Waals surface area (Å²) in [6, 6.07) is 5.47. The summed E-state index contributed by atoms with van der Waals surface area (Å²) in [5, 5.41) is 8.87. The average Bonchev–Trinajstić information content (AvgIpc) is 2.67. The van der Waals surface area contributed by atoms with Gasteiger partial charge < -0.3 is 20.0 Å². The summed E-state index contributed by atoms with van der Waals surface area (Å²) in [5.41, 5.74) is 2.07. The Balaban J connectivity index is 2.24. The van der Waals surface area contributed by atoms with Crippen molar-refractivity contribution in [1.29, 1.82) is 0 Å². The number of nitrogens with one attached hydrogen (secondary N) is 2. The van der Waals surface area contributed by atoms with E-state index in [0.29, 0.717) is 12.1 Å². The van der Waals surface area contributed by atoms with E-state index in [4.69, 9.17) is 5.11 Å². The van der Waals surface area contributed by atoms with Crippen molar-refractivity contribution in [2.45, 2.75) is 6.92 Å². The van der Waals surface area contributed by atoms with Gasteiger partial charge in [0.1, 0.15) is 0 Å². The van der Waals surface area contributed by atoms with Crippen molar-refractivity contribution < 1.29 is 9.90 Å². The molecule has 6 nitrogen and oxygen atoms in total. The molecule has 3 N–H and O–H groups in total. The summed E-state index contributed by atoms with van der Waals surface area (Å²) < 4.78 is 0. The number of aliphatic carboxylic acids is 1.